The highest BCUT2D eigenvalue weighted by atomic mass is 35.5. The molecule has 34 heavy (non-hydrogen) atoms. The quantitative estimate of drug-likeness (QED) is 0.234. The van der Waals surface area contributed by atoms with Crippen molar-refractivity contribution in [2.24, 2.45) is 0 Å². The normalized spacial score (nSPS) is 17.1. The molecule has 1 atom stereocenters. The summed E-state index contributed by atoms with van der Waals surface area (Å²) in [7, 11) is 0. The number of aromatic nitrogens is 1. The van der Waals surface area contributed by atoms with Crippen LogP contribution >= 0.6 is 11.6 Å². The summed E-state index contributed by atoms with van der Waals surface area (Å²) >= 11 is 5.95. The van der Waals surface area contributed by atoms with Gasteiger partial charge in [-0.25, -0.2) is 4.79 Å². The Bertz CT molecular complexity index is 1270. The highest BCUT2D eigenvalue weighted by Crippen LogP contribution is 2.42. The zero-order valence-electron chi connectivity index (χ0n) is 18.3. The molecule has 1 N–H and O–H groups in total. The lowest BCUT2D eigenvalue weighted by molar-refractivity contribution is -0.132. The van der Waals surface area contributed by atoms with E-state index in [2.05, 4.69) is 4.98 Å². The van der Waals surface area contributed by atoms with E-state index in [9.17, 15) is 19.5 Å². The molecule has 8 heteroatoms. The standard InChI is InChI=1S/C26H21ClN2O5/c1-2-13-34-26(33)17-5-3-7-20(14-17)29-22(18-6-4-12-28-15-18)21(24(31)25(29)32)23(30)16-8-10-19(27)11-9-16/h3-12,14-15,22,30H,2,13H2,1H3/b23-21+. The molecule has 2 heterocycles. The van der Waals surface area contributed by atoms with Crippen molar-refractivity contribution in [1.29, 1.82) is 0 Å². The van der Waals surface area contributed by atoms with E-state index >= 15 is 0 Å². The first-order chi connectivity index (χ1) is 16.4. The van der Waals surface area contributed by atoms with Gasteiger partial charge in [0.2, 0.25) is 0 Å². The van der Waals surface area contributed by atoms with Gasteiger partial charge in [0.25, 0.3) is 11.7 Å². The minimum Gasteiger partial charge on any atom is -0.507 e. The fourth-order valence-electron chi connectivity index (χ4n) is 3.78. The van der Waals surface area contributed by atoms with Crippen molar-refractivity contribution in [3.05, 3.63) is 100 Å². The third-order valence-electron chi connectivity index (χ3n) is 5.36. The molecule has 0 radical (unpaired) electrons. The van der Waals surface area contributed by atoms with Crippen molar-refractivity contribution >= 4 is 40.7 Å². The van der Waals surface area contributed by atoms with Crippen LogP contribution in [0.2, 0.25) is 5.02 Å². The van der Waals surface area contributed by atoms with Crippen LogP contribution in [0.1, 0.15) is 40.9 Å². The van der Waals surface area contributed by atoms with E-state index in [1.54, 1.807) is 60.8 Å². The largest absolute Gasteiger partial charge is 0.507 e. The van der Waals surface area contributed by atoms with Gasteiger partial charge in [-0.15, -0.1) is 0 Å². The second-order valence-electron chi connectivity index (χ2n) is 7.65. The molecule has 4 rings (SSSR count). The van der Waals surface area contributed by atoms with Crippen LogP contribution in [0.5, 0.6) is 0 Å². The topological polar surface area (TPSA) is 96.8 Å². The van der Waals surface area contributed by atoms with Gasteiger partial charge in [-0.1, -0.05) is 30.7 Å². The Kier molecular flexibility index (Phi) is 6.75. The zero-order valence-corrected chi connectivity index (χ0v) is 19.0. The molecule has 1 unspecified atom stereocenters. The van der Waals surface area contributed by atoms with E-state index in [4.69, 9.17) is 16.3 Å². The number of benzene rings is 2. The number of carbonyl (C=O) groups is 3. The molecule has 1 amide bonds. The smallest absolute Gasteiger partial charge is 0.338 e. The Balaban J connectivity index is 1.85. The van der Waals surface area contributed by atoms with Gasteiger partial charge < -0.3 is 9.84 Å². The maximum atomic E-state index is 13.2. The summed E-state index contributed by atoms with van der Waals surface area (Å²) in [4.78, 5) is 44.2. The lowest BCUT2D eigenvalue weighted by atomic mass is 9.96. The molecule has 1 aliphatic heterocycles. The average Bonchev–Trinajstić information content (AvgIpc) is 3.13. The molecule has 1 aromatic heterocycles. The third kappa shape index (κ3) is 4.43. The summed E-state index contributed by atoms with van der Waals surface area (Å²) in [6, 6.07) is 15.0. The molecule has 0 bridgehead atoms. The van der Waals surface area contributed by atoms with Crippen LogP contribution in [-0.2, 0) is 14.3 Å². The first-order valence-electron chi connectivity index (χ1n) is 10.7. The van der Waals surface area contributed by atoms with Gasteiger partial charge in [-0.3, -0.25) is 19.5 Å². The van der Waals surface area contributed by atoms with E-state index in [0.29, 0.717) is 28.3 Å². The van der Waals surface area contributed by atoms with E-state index in [-0.39, 0.29) is 23.5 Å². The summed E-state index contributed by atoms with van der Waals surface area (Å²) < 4.78 is 5.20. The monoisotopic (exact) mass is 476 g/mol. The maximum Gasteiger partial charge on any atom is 0.338 e. The Morgan fingerprint density at radius 2 is 1.85 bits per heavy atom. The Labute approximate surface area is 201 Å². The number of esters is 1. The molecule has 0 spiro atoms. The van der Waals surface area contributed by atoms with Crippen LogP contribution in [0.25, 0.3) is 5.76 Å². The molecular weight excluding hydrogens is 456 g/mol. The number of aliphatic hydroxyl groups excluding tert-OH is 1. The first-order valence-corrected chi connectivity index (χ1v) is 11.0. The molecule has 0 aliphatic carbocycles. The average molecular weight is 477 g/mol. The number of anilines is 1. The van der Waals surface area contributed by atoms with Crippen LogP contribution in [-0.4, -0.2) is 34.4 Å². The Hall–Kier alpha value is -3.97. The number of carbonyl (C=O) groups excluding carboxylic acids is 3. The van der Waals surface area contributed by atoms with Crippen molar-refractivity contribution in [3.63, 3.8) is 0 Å². The number of rotatable bonds is 6. The predicted octanol–water partition coefficient (Wildman–Crippen LogP) is 4.93. The van der Waals surface area contributed by atoms with Gasteiger partial charge in [-0.05, 0) is 60.5 Å². The number of aliphatic hydroxyl groups is 1. The minimum absolute atomic E-state index is 0.0840. The molecule has 0 saturated carbocycles. The molecule has 1 saturated heterocycles. The van der Waals surface area contributed by atoms with E-state index in [1.165, 1.54) is 17.2 Å². The summed E-state index contributed by atoms with van der Waals surface area (Å²) in [6.45, 7) is 2.15. The molecule has 3 aromatic rings. The summed E-state index contributed by atoms with van der Waals surface area (Å²) in [5, 5.41) is 11.5. The van der Waals surface area contributed by atoms with Crippen molar-refractivity contribution in [1.82, 2.24) is 4.98 Å². The second kappa shape index (κ2) is 9.89. The van der Waals surface area contributed by atoms with Crippen molar-refractivity contribution < 1.29 is 24.2 Å². The fourth-order valence-corrected chi connectivity index (χ4v) is 3.90. The van der Waals surface area contributed by atoms with Crippen LogP contribution < -0.4 is 4.90 Å². The van der Waals surface area contributed by atoms with E-state index < -0.39 is 23.7 Å². The molecular formula is C26H21ClN2O5. The zero-order chi connectivity index (χ0) is 24.2. The number of nitrogens with zero attached hydrogens (tertiary/aromatic N) is 2. The van der Waals surface area contributed by atoms with Crippen molar-refractivity contribution in [2.45, 2.75) is 19.4 Å². The van der Waals surface area contributed by atoms with Crippen LogP contribution in [0.4, 0.5) is 5.69 Å². The van der Waals surface area contributed by atoms with E-state index in [0.717, 1.165) is 0 Å². The molecule has 172 valence electrons. The highest BCUT2D eigenvalue weighted by Gasteiger charge is 2.47. The number of amides is 1. The third-order valence-corrected chi connectivity index (χ3v) is 5.61. The fraction of sp³-hybridized carbons (Fsp3) is 0.154. The van der Waals surface area contributed by atoms with Crippen LogP contribution in [0, 0.1) is 0 Å². The number of pyridine rings is 1. The number of ether oxygens (including phenoxy) is 1. The molecule has 1 fully saturated rings. The number of Topliss-reactive ketones (excluding diaryl/α,β-unsaturated/α-hetero) is 1. The van der Waals surface area contributed by atoms with Gasteiger partial charge in [-0.2, -0.15) is 0 Å². The van der Waals surface area contributed by atoms with Gasteiger partial charge >= 0.3 is 5.97 Å². The SMILES string of the molecule is CCCOC(=O)c1cccc(N2C(=O)C(=O)/C(=C(/O)c3ccc(Cl)cc3)C2c2cccnc2)c1. The van der Waals surface area contributed by atoms with Gasteiger partial charge in [0.05, 0.1) is 23.8 Å². The predicted molar refractivity (Wildman–Crippen MR) is 127 cm³/mol. The summed E-state index contributed by atoms with van der Waals surface area (Å²) in [6.07, 6.45) is 3.77. The van der Waals surface area contributed by atoms with Crippen molar-refractivity contribution in [3.8, 4) is 0 Å². The second-order valence-corrected chi connectivity index (χ2v) is 8.09. The Morgan fingerprint density at radius 3 is 2.53 bits per heavy atom. The number of ketones is 1. The minimum atomic E-state index is -0.953. The highest BCUT2D eigenvalue weighted by molar-refractivity contribution is 6.51. The molecule has 2 aromatic carbocycles. The van der Waals surface area contributed by atoms with Crippen molar-refractivity contribution in [2.75, 3.05) is 11.5 Å². The van der Waals surface area contributed by atoms with Crippen LogP contribution in [0.3, 0.4) is 0 Å². The number of hydrogen-bond acceptors (Lipinski definition) is 6. The Morgan fingerprint density at radius 1 is 1.09 bits per heavy atom. The number of halogens is 1. The van der Waals surface area contributed by atoms with Gasteiger partial charge in [0.1, 0.15) is 5.76 Å². The lowest BCUT2D eigenvalue weighted by Crippen LogP contribution is -2.29. The molecule has 7 nitrogen and oxygen atoms in total. The molecule has 1 aliphatic rings. The van der Waals surface area contributed by atoms with Crippen LogP contribution in [0.15, 0.2) is 78.6 Å². The lowest BCUT2D eigenvalue weighted by Gasteiger charge is -2.25. The first kappa shape index (κ1) is 23.2. The summed E-state index contributed by atoms with van der Waals surface area (Å²) in [5.74, 6) is -2.53. The maximum absolute atomic E-state index is 13.2. The number of hydrogen-bond donors (Lipinski definition) is 1. The summed E-state index contributed by atoms with van der Waals surface area (Å²) in [5.41, 5.74) is 1.34. The van der Waals surface area contributed by atoms with Gasteiger partial charge in [0.15, 0.2) is 0 Å². The van der Waals surface area contributed by atoms with E-state index in [1.807, 2.05) is 6.92 Å². The van der Waals surface area contributed by atoms with Gasteiger partial charge in [0, 0.05) is 28.7 Å².